The molecule has 3 rings (SSSR count). The van der Waals surface area contributed by atoms with Crippen molar-refractivity contribution in [3.05, 3.63) is 59.7 Å². The summed E-state index contributed by atoms with van der Waals surface area (Å²) in [6.45, 7) is 0.178. The summed E-state index contributed by atoms with van der Waals surface area (Å²) in [5, 5.41) is 37.8. The molecule has 18 heteroatoms. The lowest BCUT2D eigenvalue weighted by molar-refractivity contribution is -0.140. The van der Waals surface area contributed by atoms with Gasteiger partial charge in [-0.05, 0) is 35.1 Å². The molecule has 0 unspecified atom stereocenters. The standard InChI is InChI=1S/C40H56N4O14/c45-34(44-40(26-55-21-14-35(46)47,27-56-22-15-36(48)49)28-57-23-16-37(50)51)13-20-54-24-19-42-38(52)41-17-7-1-2-8-18-43-39(53)58-25-33-31-11-5-3-9-29(31)30-10-4-6-12-32(30)33/h3-6,9-12,33H,1-2,7-8,13-28H2,(H,43,53)(H,44,45)(H,46,47)(H,48,49)(H,50,51)(H2,41,42,52). The van der Waals surface area contributed by atoms with Crippen LogP contribution in [0.5, 0.6) is 0 Å². The lowest BCUT2D eigenvalue weighted by atomic mass is 9.98. The van der Waals surface area contributed by atoms with Crippen molar-refractivity contribution >= 4 is 35.9 Å². The van der Waals surface area contributed by atoms with E-state index < -0.39 is 35.4 Å². The van der Waals surface area contributed by atoms with Gasteiger partial charge in [0.15, 0.2) is 0 Å². The van der Waals surface area contributed by atoms with Crippen molar-refractivity contribution in [2.45, 2.75) is 62.8 Å². The van der Waals surface area contributed by atoms with E-state index in [0.717, 1.165) is 36.8 Å². The molecule has 0 fully saturated rings. The van der Waals surface area contributed by atoms with Crippen molar-refractivity contribution in [3.63, 3.8) is 0 Å². The molecule has 0 saturated carbocycles. The molecule has 7 N–H and O–H groups in total. The van der Waals surface area contributed by atoms with Gasteiger partial charge in [0, 0.05) is 32.0 Å². The molecule has 0 aliphatic heterocycles. The number of fused-ring (bicyclic) bond motifs is 3. The number of unbranched alkanes of at least 4 members (excludes halogenated alkanes) is 3. The molecule has 58 heavy (non-hydrogen) atoms. The first-order valence-electron chi connectivity index (χ1n) is 19.4. The van der Waals surface area contributed by atoms with Crippen molar-refractivity contribution in [1.82, 2.24) is 21.3 Å². The van der Waals surface area contributed by atoms with Crippen LogP contribution in [0, 0.1) is 0 Å². The Morgan fingerprint density at radius 1 is 0.552 bits per heavy atom. The highest BCUT2D eigenvalue weighted by Crippen LogP contribution is 2.44. The zero-order chi connectivity index (χ0) is 42.0. The van der Waals surface area contributed by atoms with Gasteiger partial charge in [0.2, 0.25) is 5.91 Å². The summed E-state index contributed by atoms with van der Waals surface area (Å²) in [4.78, 5) is 70.1. The summed E-state index contributed by atoms with van der Waals surface area (Å²) in [6.07, 6.45) is 1.76. The SMILES string of the molecule is O=C(O)CCOCC(COCCC(=O)O)(COCCC(=O)O)NC(=O)CCOCCNC(=O)NCCCCCCNC(=O)OCC1c2ccccc2-c2ccccc21. The van der Waals surface area contributed by atoms with Crippen LogP contribution in [0.3, 0.4) is 0 Å². The number of rotatable bonds is 31. The van der Waals surface area contributed by atoms with Crippen LogP contribution in [0.25, 0.3) is 11.1 Å². The number of carboxylic acid groups (broad SMARTS) is 3. The molecule has 0 bridgehead atoms. The van der Waals surface area contributed by atoms with E-state index in [1.807, 2.05) is 24.3 Å². The smallest absolute Gasteiger partial charge is 0.407 e. The van der Waals surface area contributed by atoms with Gasteiger partial charge in [0.1, 0.15) is 12.1 Å². The first-order chi connectivity index (χ1) is 28.0. The number of urea groups is 1. The molecule has 0 spiro atoms. The molecule has 0 atom stereocenters. The maximum absolute atomic E-state index is 12.9. The van der Waals surface area contributed by atoms with E-state index in [0.29, 0.717) is 13.1 Å². The number of hydrogen-bond acceptors (Lipinski definition) is 11. The molecule has 1 aliphatic rings. The predicted octanol–water partition coefficient (Wildman–Crippen LogP) is 3.12. The van der Waals surface area contributed by atoms with Crippen LogP contribution in [0.1, 0.15) is 68.4 Å². The van der Waals surface area contributed by atoms with Gasteiger partial charge in [0.05, 0.1) is 72.1 Å². The highest BCUT2D eigenvalue weighted by atomic mass is 16.5. The van der Waals surface area contributed by atoms with Crippen molar-refractivity contribution < 1.29 is 67.8 Å². The van der Waals surface area contributed by atoms with E-state index in [9.17, 15) is 28.8 Å². The Morgan fingerprint density at radius 2 is 1.02 bits per heavy atom. The Labute approximate surface area is 337 Å². The number of carbonyl (C=O) groups is 6. The number of ether oxygens (including phenoxy) is 5. The van der Waals surface area contributed by atoms with Gasteiger partial charge in [-0.3, -0.25) is 19.2 Å². The fourth-order valence-corrected chi connectivity index (χ4v) is 6.08. The van der Waals surface area contributed by atoms with Gasteiger partial charge >= 0.3 is 30.0 Å². The average Bonchev–Trinajstić information content (AvgIpc) is 3.51. The zero-order valence-corrected chi connectivity index (χ0v) is 32.7. The minimum Gasteiger partial charge on any atom is -0.481 e. The number of benzene rings is 2. The van der Waals surface area contributed by atoms with E-state index in [1.165, 1.54) is 11.1 Å². The normalized spacial score (nSPS) is 11.9. The van der Waals surface area contributed by atoms with Crippen molar-refractivity contribution in [2.24, 2.45) is 0 Å². The van der Waals surface area contributed by atoms with Crippen LogP contribution >= 0.6 is 0 Å². The average molecular weight is 817 g/mol. The first-order valence-corrected chi connectivity index (χ1v) is 19.4. The van der Waals surface area contributed by atoms with E-state index in [1.54, 1.807) is 0 Å². The largest absolute Gasteiger partial charge is 0.481 e. The van der Waals surface area contributed by atoms with Crippen LogP contribution in [0.2, 0.25) is 0 Å². The summed E-state index contributed by atoms with van der Waals surface area (Å²) in [7, 11) is 0. The van der Waals surface area contributed by atoms with Gasteiger partial charge in [-0.2, -0.15) is 0 Å². The molecule has 0 saturated heterocycles. The number of alkyl carbamates (subject to hydrolysis) is 1. The maximum atomic E-state index is 12.9. The Hall–Kier alpha value is -5.30. The lowest BCUT2D eigenvalue weighted by Gasteiger charge is -2.34. The molecule has 0 aromatic heterocycles. The van der Waals surface area contributed by atoms with E-state index in [2.05, 4.69) is 45.5 Å². The third-order valence-corrected chi connectivity index (χ3v) is 8.93. The Bertz CT molecular complexity index is 1520. The van der Waals surface area contributed by atoms with E-state index in [-0.39, 0.29) is 104 Å². The topological polar surface area (TPSA) is 257 Å². The predicted molar refractivity (Wildman–Crippen MR) is 208 cm³/mol. The lowest BCUT2D eigenvalue weighted by Crippen LogP contribution is -2.59. The molecular formula is C40H56N4O14. The number of aliphatic carboxylic acids is 3. The number of amides is 4. The number of carbonyl (C=O) groups excluding carboxylic acids is 3. The van der Waals surface area contributed by atoms with Crippen LogP contribution in [-0.2, 0) is 42.9 Å². The molecule has 320 valence electrons. The van der Waals surface area contributed by atoms with Crippen molar-refractivity contribution in [1.29, 1.82) is 0 Å². The van der Waals surface area contributed by atoms with Crippen molar-refractivity contribution in [2.75, 3.05) is 79.1 Å². The van der Waals surface area contributed by atoms with Gasteiger partial charge in [-0.1, -0.05) is 61.4 Å². The highest BCUT2D eigenvalue weighted by Gasteiger charge is 2.34. The quantitative estimate of drug-likeness (QED) is 0.0540. The number of carboxylic acids is 3. The summed E-state index contributed by atoms with van der Waals surface area (Å²) < 4.78 is 27.4. The Morgan fingerprint density at radius 3 is 1.53 bits per heavy atom. The van der Waals surface area contributed by atoms with Crippen LogP contribution in [0.4, 0.5) is 9.59 Å². The summed E-state index contributed by atoms with van der Waals surface area (Å²) in [5.74, 6) is -3.79. The van der Waals surface area contributed by atoms with E-state index >= 15 is 0 Å². The van der Waals surface area contributed by atoms with Gasteiger partial charge in [-0.25, -0.2) is 9.59 Å². The molecule has 1 aliphatic carbocycles. The number of nitrogens with one attached hydrogen (secondary N) is 4. The van der Waals surface area contributed by atoms with Gasteiger partial charge in [-0.15, -0.1) is 0 Å². The second kappa shape index (κ2) is 26.6. The zero-order valence-electron chi connectivity index (χ0n) is 32.7. The molecule has 18 nitrogen and oxygen atoms in total. The van der Waals surface area contributed by atoms with Crippen LogP contribution < -0.4 is 21.3 Å². The number of hydrogen-bond donors (Lipinski definition) is 7. The Balaban J connectivity index is 1.24. The fourth-order valence-electron chi connectivity index (χ4n) is 6.08. The molecular weight excluding hydrogens is 760 g/mol. The molecule has 0 heterocycles. The van der Waals surface area contributed by atoms with Crippen LogP contribution in [-0.4, -0.2) is 136 Å². The first kappa shape index (κ1) is 47.1. The second-order valence-corrected chi connectivity index (χ2v) is 13.6. The minimum absolute atomic E-state index is 0.00649. The van der Waals surface area contributed by atoms with Crippen molar-refractivity contribution in [3.8, 4) is 11.1 Å². The molecule has 4 amide bonds. The summed E-state index contributed by atoms with van der Waals surface area (Å²) >= 11 is 0. The monoisotopic (exact) mass is 816 g/mol. The van der Waals surface area contributed by atoms with E-state index in [4.69, 9.17) is 39.0 Å². The molecule has 2 aromatic carbocycles. The summed E-state index contributed by atoms with van der Waals surface area (Å²) in [5.41, 5.74) is 3.29. The Kier molecular flexibility index (Phi) is 21.6. The fraction of sp³-hybridized carbons (Fsp3) is 0.550. The third kappa shape index (κ3) is 18.3. The second-order valence-electron chi connectivity index (χ2n) is 13.6. The van der Waals surface area contributed by atoms with Crippen LogP contribution in [0.15, 0.2) is 48.5 Å². The van der Waals surface area contributed by atoms with Gasteiger partial charge < -0.3 is 60.3 Å². The minimum atomic E-state index is -1.38. The third-order valence-electron chi connectivity index (χ3n) is 8.93. The summed E-state index contributed by atoms with van der Waals surface area (Å²) in [6, 6.07) is 16.0. The maximum Gasteiger partial charge on any atom is 0.407 e. The highest BCUT2D eigenvalue weighted by molar-refractivity contribution is 5.79. The van der Waals surface area contributed by atoms with Gasteiger partial charge in [0.25, 0.3) is 0 Å². The molecule has 2 aromatic rings. The molecule has 0 radical (unpaired) electrons.